The summed E-state index contributed by atoms with van der Waals surface area (Å²) in [6.07, 6.45) is 0. The lowest BCUT2D eigenvalue weighted by molar-refractivity contribution is 0.670. The zero-order valence-corrected chi connectivity index (χ0v) is 32.9. The highest BCUT2D eigenvalue weighted by molar-refractivity contribution is 6.11. The smallest absolute Gasteiger partial charge is 0.143 e. The molecule has 1 aromatic heterocycles. The van der Waals surface area contributed by atoms with Gasteiger partial charge in [-0.1, -0.05) is 206 Å². The zero-order valence-electron chi connectivity index (χ0n) is 32.9. The Morgan fingerprint density at radius 2 is 0.750 bits per heavy atom. The second-order valence-corrected chi connectivity index (χ2v) is 15.2. The molecule has 1 heterocycles. The van der Waals surface area contributed by atoms with Crippen LogP contribution < -0.4 is 4.90 Å². The predicted octanol–water partition coefficient (Wildman–Crippen LogP) is 16.5. The normalized spacial score (nSPS) is 11.3. The van der Waals surface area contributed by atoms with Crippen LogP contribution in [0, 0.1) is 0 Å². The van der Waals surface area contributed by atoms with Crippen molar-refractivity contribution < 1.29 is 4.42 Å². The van der Waals surface area contributed by atoms with E-state index in [1.807, 2.05) is 6.07 Å². The third-order valence-electron chi connectivity index (χ3n) is 11.7. The number of hydrogen-bond acceptors (Lipinski definition) is 2. The van der Waals surface area contributed by atoms with Crippen LogP contribution in [0.2, 0.25) is 0 Å². The SMILES string of the molecule is c1ccc(-c2ccccc2-c2ccccc2-c2ccccc2N(c2cccc(-c3cccc4ccccc34)c2)c2ccccc2-c2cccc3c2oc2ccccc23)cc1. The first kappa shape index (κ1) is 35.2. The van der Waals surface area contributed by atoms with Crippen molar-refractivity contribution in [2.24, 2.45) is 0 Å². The first-order valence-corrected chi connectivity index (χ1v) is 20.5. The van der Waals surface area contributed by atoms with Gasteiger partial charge in [0.05, 0.1) is 11.4 Å². The maximum Gasteiger partial charge on any atom is 0.143 e. The Hall–Kier alpha value is -7.94. The van der Waals surface area contributed by atoms with Crippen LogP contribution >= 0.6 is 0 Å². The van der Waals surface area contributed by atoms with Crippen molar-refractivity contribution >= 4 is 49.8 Å². The minimum Gasteiger partial charge on any atom is -0.455 e. The second kappa shape index (κ2) is 15.1. The second-order valence-electron chi connectivity index (χ2n) is 15.2. The summed E-state index contributed by atoms with van der Waals surface area (Å²) in [5.41, 5.74) is 16.5. The van der Waals surface area contributed by atoms with E-state index in [0.717, 1.165) is 66.8 Å². The van der Waals surface area contributed by atoms with Crippen LogP contribution in [0.1, 0.15) is 0 Å². The van der Waals surface area contributed by atoms with Crippen molar-refractivity contribution in [2.45, 2.75) is 0 Å². The number of para-hydroxylation sites is 4. The van der Waals surface area contributed by atoms with Gasteiger partial charge in [0.25, 0.3) is 0 Å². The van der Waals surface area contributed by atoms with Gasteiger partial charge in [0.1, 0.15) is 11.2 Å². The lowest BCUT2D eigenvalue weighted by atomic mass is 9.88. The summed E-state index contributed by atoms with van der Waals surface area (Å²) in [6.45, 7) is 0. The molecule has 2 nitrogen and oxygen atoms in total. The van der Waals surface area contributed by atoms with Gasteiger partial charge < -0.3 is 9.32 Å². The molecular weight excluding hydrogens is 727 g/mol. The summed E-state index contributed by atoms with van der Waals surface area (Å²) in [5.74, 6) is 0. The van der Waals surface area contributed by atoms with Crippen molar-refractivity contribution in [2.75, 3.05) is 4.90 Å². The molecule has 0 amide bonds. The van der Waals surface area contributed by atoms with E-state index in [1.165, 1.54) is 38.6 Å². The van der Waals surface area contributed by atoms with Gasteiger partial charge in [-0.2, -0.15) is 0 Å². The summed E-state index contributed by atoms with van der Waals surface area (Å²) in [5, 5.41) is 4.67. The fourth-order valence-corrected chi connectivity index (χ4v) is 8.99. The maximum absolute atomic E-state index is 6.69. The van der Waals surface area contributed by atoms with Gasteiger partial charge in [-0.25, -0.2) is 0 Å². The largest absolute Gasteiger partial charge is 0.455 e. The molecule has 10 aromatic carbocycles. The van der Waals surface area contributed by atoms with E-state index in [-0.39, 0.29) is 0 Å². The molecule has 0 aliphatic rings. The lowest BCUT2D eigenvalue weighted by Gasteiger charge is -2.30. The van der Waals surface area contributed by atoms with E-state index in [1.54, 1.807) is 0 Å². The third kappa shape index (κ3) is 6.14. The van der Waals surface area contributed by atoms with Crippen LogP contribution in [-0.4, -0.2) is 0 Å². The molecule has 282 valence electrons. The molecule has 11 aromatic rings. The first-order valence-electron chi connectivity index (χ1n) is 20.5. The van der Waals surface area contributed by atoms with Crippen molar-refractivity contribution in [3.8, 4) is 55.6 Å². The van der Waals surface area contributed by atoms with Crippen LogP contribution in [0.5, 0.6) is 0 Å². The van der Waals surface area contributed by atoms with E-state index in [4.69, 9.17) is 4.42 Å². The Balaban J connectivity index is 1.17. The molecule has 0 atom stereocenters. The molecule has 0 unspecified atom stereocenters. The molecule has 60 heavy (non-hydrogen) atoms. The minimum absolute atomic E-state index is 0.881. The minimum atomic E-state index is 0.881. The number of furan rings is 1. The van der Waals surface area contributed by atoms with Crippen molar-refractivity contribution in [3.05, 3.63) is 237 Å². The van der Waals surface area contributed by atoms with Crippen LogP contribution in [0.15, 0.2) is 241 Å². The van der Waals surface area contributed by atoms with E-state index in [0.29, 0.717) is 0 Å². The molecule has 0 fully saturated rings. The predicted molar refractivity (Wildman–Crippen MR) is 253 cm³/mol. The van der Waals surface area contributed by atoms with Crippen molar-refractivity contribution in [1.29, 1.82) is 0 Å². The fraction of sp³-hybridized carbons (Fsp3) is 0. The average Bonchev–Trinajstić information content (AvgIpc) is 3.71. The molecule has 0 N–H and O–H groups in total. The Labute approximate surface area is 349 Å². The van der Waals surface area contributed by atoms with Gasteiger partial charge in [0.2, 0.25) is 0 Å². The Morgan fingerprint density at radius 3 is 1.52 bits per heavy atom. The molecule has 0 aliphatic heterocycles. The lowest BCUT2D eigenvalue weighted by Crippen LogP contribution is -2.12. The number of hydrogen-bond donors (Lipinski definition) is 0. The van der Waals surface area contributed by atoms with E-state index in [9.17, 15) is 0 Å². The number of fused-ring (bicyclic) bond motifs is 4. The standard InChI is InChI=1S/C58H39NO/c1-2-19-40(20-3-1)45-26-6-7-27-47(45)48-28-8-9-29-49(48)50-30-10-13-36-55(50)59(43-24-16-23-42(39-43)46-33-17-22-41-21-4-5-25-44(41)46)56-37-14-11-31-51(56)53-34-18-35-54-52-32-12-15-38-57(52)60-58(53)54/h1-39H. The van der Waals surface area contributed by atoms with Crippen molar-refractivity contribution in [1.82, 2.24) is 0 Å². The topological polar surface area (TPSA) is 16.4 Å². The number of rotatable bonds is 8. The van der Waals surface area contributed by atoms with E-state index in [2.05, 4.69) is 235 Å². The van der Waals surface area contributed by atoms with E-state index >= 15 is 0 Å². The first-order chi connectivity index (χ1) is 29.8. The summed E-state index contributed by atoms with van der Waals surface area (Å²) >= 11 is 0. The third-order valence-corrected chi connectivity index (χ3v) is 11.7. The summed E-state index contributed by atoms with van der Waals surface area (Å²) in [7, 11) is 0. The highest BCUT2D eigenvalue weighted by atomic mass is 16.3. The van der Waals surface area contributed by atoms with Crippen LogP contribution in [0.25, 0.3) is 88.3 Å². The number of benzene rings is 10. The average molecular weight is 766 g/mol. The van der Waals surface area contributed by atoms with Gasteiger partial charge in [-0.05, 0) is 80.0 Å². The Morgan fingerprint density at radius 1 is 0.283 bits per heavy atom. The summed E-state index contributed by atoms with van der Waals surface area (Å²) in [4.78, 5) is 2.45. The molecule has 0 saturated heterocycles. The van der Waals surface area contributed by atoms with Gasteiger partial charge in [0.15, 0.2) is 0 Å². The highest BCUT2D eigenvalue weighted by Crippen LogP contribution is 2.49. The monoisotopic (exact) mass is 765 g/mol. The van der Waals surface area contributed by atoms with Crippen LogP contribution in [0.4, 0.5) is 17.1 Å². The molecular formula is C58H39NO. The number of nitrogens with zero attached hydrogens (tertiary/aromatic N) is 1. The number of anilines is 3. The molecule has 0 saturated carbocycles. The zero-order chi connectivity index (χ0) is 39.8. The Kier molecular flexibility index (Phi) is 8.87. The van der Waals surface area contributed by atoms with Gasteiger partial charge in [0, 0.05) is 33.2 Å². The highest BCUT2D eigenvalue weighted by Gasteiger charge is 2.24. The van der Waals surface area contributed by atoms with Crippen LogP contribution in [0.3, 0.4) is 0 Å². The van der Waals surface area contributed by atoms with Crippen LogP contribution in [-0.2, 0) is 0 Å². The van der Waals surface area contributed by atoms with Crippen molar-refractivity contribution in [3.63, 3.8) is 0 Å². The molecule has 0 spiro atoms. The molecule has 0 aliphatic carbocycles. The van der Waals surface area contributed by atoms with Gasteiger partial charge in [-0.15, -0.1) is 0 Å². The molecule has 11 rings (SSSR count). The maximum atomic E-state index is 6.69. The molecule has 0 radical (unpaired) electrons. The van der Waals surface area contributed by atoms with Gasteiger partial charge in [-0.3, -0.25) is 0 Å². The fourth-order valence-electron chi connectivity index (χ4n) is 8.99. The summed E-state index contributed by atoms with van der Waals surface area (Å²) in [6, 6.07) is 84.9. The molecule has 2 heteroatoms. The van der Waals surface area contributed by atoms with E-state index < -0.39 is 0 Å². The Bertz CT molecular complexity index is 3330. The van der Waals surface area contributed by atoms with Gasteiger partial charge >= 0.3 is 0 Å². The summed E-state index contributed by atoms with van der Waals surface area (Å²) < 4.78 is 6.69. The quantitative estimate of drug-likeness (QED) is 0.153. The molecule has 0 bridgehead atoms.